The summed E-state index contributed by atoms with van der Waals surface area (Å²) in [5, 5.41) is 8.21. The molecule has 0 radical (unpaired) electrons. The second-order valence-corrected chi connectivity index (χ2v) is 6.16. The van der Waals surface area contributed by atoms with Gasteiger partial charge in [-0.05, 0) is 44.9 Å². The molecule has 0 bridgehead atoms. The minimum Gasteiger partial charge on any atom is -0.382 e. The Morgan fingerprint density at radius 1 is 1.25 bits per heavy atom. The van der Waals surface area contributed by atoms with Crippen molar-refractivity contribution in [3.05, 3.63) is 53.0 Å². The Morgan fingerprint density at radius 3 is 2.67 bits per heavy atom. The van der Waals surface area contributed by atoms with Gasteiger partial charge < -0.3 is 5.32 Å². The number of benzene rings is 1. The summed E-state index contributed by atoms with van der Waals surface area (Å²) in [6.07, 6.45) is 2.30. The summed E-state index contributed by atoms with van der Waals surface area (Å²) in [5.74, 6) is -1.26. The Balaban J connectivity index is 1.89. The van der Waals surface area contributed by atoms with Crippen molar-refractivity contribution in [3.63, 3.8) is 0 Å². The van der Waals surface area contributed by atoms with Gasteiger partial charge in [-0.25, -0.2) is 8.78 Å². The number of hydrogen-bond acceptors (Lipinski definition) is 3. The molecule has 4 nitrogen and oxygen atoms in total. The van der Waals surface area contributed by atoms with Crippen LogP contribution in [0.25, 0.3) is 10.9 Å². The molecule has 126 valence electrons. The SMILES string of the molecule is Cc1nn(C)c(C)c1CC(C)Nc1ccnc2c(F)cc(F)cc12. The number of aromatic nitrogens is 3. The summed E-state index contributed by atoms with van der Waals surface area (Å²) in [6, 6.07) is 3.97. The molecule has 1 unspecified atom stereocenters. The molecule has 0 aliphatic carbocycles. The van der Waals surface area contributed by atoms with E-state index in [0.717, 1.165) is 23.9 Å². The van der Waals surface area contributed by atoms with E-state index in [2.05, 4.69) is 15.4 Å². The lowest BCUT2D eigenvalue weighted by molar-refractivity contribution is 0.590. The fourth-order valence-electron chi connectivity index (χ4n) is 3.04. The molecular weight excluding hydrogens is 310 g/mol. The van der Waals surface area contributed by atoms with Crippen LogP contribution in [0.3, 0.4) is 0 Å². The fraction of sp³-hybridized carbons (Fsp3) is 0.333. The number of nitrogens with zero attached hydrogens (tertiary/aromatic N) is 3. The fourth-order valence-corrected chi connectivity index (χ4v) is 3.04. The zero-order valence-corrected chi connectivity index (χ0v) is 14.2. The summed E-state index contributed by atoms with van der Waals surface area (Å²) in [6.45, 7) is 6.06. The maximum absolute atomic E-state index is 13.9. The number of pyridine rings is 1. The highest BCUT2D eigenvalue weighted by Gasteiger charge is 2.15. The molecular formula is C18H20F2N4. The van der Waals surface area contributed by atoms with E-state index in [4.69, 9.17) is 0 Å². The molecule has 1 aromatic carbocycles. The van der Waals surface area contributed by atoms with Crippen LogP contribution in [0.15, 0.2) is 24.4 Å². The lowest BCUT2D eigenvalue weighted by atomic mass is 10.0. The van der Waals surface area contributed by atoms with Crippen molar-refractivity contribution < 1.29 is 8.78 Å². The molecule has 0 amide bonds. The number of hydrogen-bond donors (Lipinski definition) is 1. The molecule has 3 aromatic rings. The summed E-state index contributed by atoms with van der Waals surface area (Å²) >= 11 is 0. The van der Waals surface area contributed by atoms with Crippen molar-refractivity contribution in [2.75, 3.05) is 5.32 Å². The lowest BCUT2D eigenvalue weighted by Crippen LogP contribution is -2.19. The summed E-state index contributed by atoms with van der Waals surface area (Å²) in [5.41, 5.74) is 4.15. The summed E-state index contributed by atoms with van der Waals surface area (Å²) < 4.78 is 29.3. The van der Waals surface area contributed by atoms with E-state index >= 15 is 0 Å². The predicted octanol–water partition coefficient (Wildman–Crippen LogP) is 3.91. The standard InChI is InChI=1S/C18H20F2N4/c1-10(7-14-11(2)23-24(4)12(14)3)22-17-5-6-21-18-15(17)8-13(19)9-16(18)20/h5-6,8-10H,7H2,1-4H3,(H,21,22). The van der Waals surface area contributed by atoms with Crippen LogP contribution in [0.1, 0.15) is 23.9 Å². The number of aryl methyl sites for hydroxylation is 2. The van der Waals surface area contributed by atoms with Crippen LogP contribution in [0.5, 0.6) is 0 Å². The normalized spacial score (nSPS) is 12.6. The van der Waals surface area contributed by atoms with Crippen molar-refractivity contribution in [2.45, 2.75) is 33.2 Å². The first-order valence-electron chi connectivity index (χ1n) is 7.86. The molecule has 0 saturated carbocycles. The van der Waals surface area contributed by atoms with E-state index in [-0.39, 0.29) is 11.6 Å². The monoisotopic (exact) mass is 330 g/mol. The van der Waals surface area contributed by atoms with E-state index in [1.54, 1.807) is 6.07 Å². The van der Waals surface area contributed by atoms with Gasteiger partial charge >= 0.3 is 0 Å². The Hall–Kier alpha value is -2.50. The van der Waals surface area contributed by atoms with Crippen molar-refractivity contribution in [1.82, 2.24) is 14.8 Å². The average Bonchev–Trinajstić information content (AvgIpc) is 2.74. The van der Waals surface area contributed by atoms with Crippen LogP contribution in [0.2, 0.25) is 0 Å². The lowest BCUT2D eigenvalue weighted by Gasteiger charge is -2.17. The summed E-state index contributed by atoms with van der Waals surface area (Å²) in [7, 11) is 1.92. The Bertz CT molecular complexity index is 902. The topological polar surface area (TPSA) is 42.7 Å². The van der Waals surface area contributed by atoms with Gasteiger partial charge in [0.25, 0.3) is 0 Å². The van der Waals surface area contributed by atoms with Crippen LogP contribution in [0.4, 0.5) is 14.5 Å². The Kier molecular flexibility index (Phi) is 4.22. The molecule has 0 aliphatic rings. The molecule has 0 aliphatic heterocycles. The molecule has 6 heteroatoms. The molecule has 3 rings (SSSR count). The molecule has 0 spiro atoms. The van der Waals surface area contributed by atoms with Gasteiger partial charge in [0.05, 0.1) is 5.69 Å². The van der Waals surface area contributed by atoms with Crippen molar-refractivity contribution in [1.29, 1.82) is 0 Å². The molecule has 1 N–H and O–H groups in total. The molecule has 1 atom stereocenters. The highest BCUT2D eigenvalue weighted by Crippen LogP contribution is 2.26. The van der Waals surface area contributed by atoms with Crippen molar-refractivity contribution in [2.24, 2.45) is 7.05 Å². The quantitative estimate of drug-likeness (QED) is 0.789. The minimum absolute atomic E-state index is 0.0727. The van der Waals surface area contributed by atoms with Gasteiger partial charge in [-0.1, -0.05) is 0 Å². The van der Waals surface area contributed by atoms with E-state index < -0.39 is 11.6 Å². The number of fused-ring (bicyclic) bond motifs is 1. The van der Waals surface area contributed by atoms with Gasteiger partial charge in [0, 0.05) is 42.1 Å². The average molecular weight is 330 g/mol. The van der Waals surface area contributed by atoms with Crippen LogP contribution in [-0.2, 0) is 13.5 Å². The van der Waals surface area contributed by atoms with Crippen molar-refractivity contribution >= 4 is 16.6 Å². The third kappa shape index (κ3) is 2.96. The predicted molar refractivity (Wildman–Crippen MR) is 91.1 cm³/mol. The third-order valence-corrected chi connectivity index (χ3v) is 4.33. The van der Waals surface area contributed by atoms with Crippen LogP contribution in [-0.4, -0.2) is 20.8 Å². The largest absolute Gasteiger partial charge is 0.382 e. The number of anilines is 1. The van der Waals surface area contributed by atoms with E-state index in [1.807, 2.05) is 32.5 Å². The van der Waals surface area contributed by atoms with Crippen molar-refractivity contribution in [3.8, 4) is 0 Å². The Labute approximate surface area is 139 Å². The molecule has 0 fully saturated rings. The van der Waals surface area contributed by atoms with Gasteiger partial charge in [-0.2, -0.15) is 5.10 Å². The smallest absolute Gasteiger partial charge is 0.152 e. The zero-order chi connectivity index (χ0) is 17.4. The number of rotatable bonds is 4. The number of nitrogens with one attached hydrogen (secondary N) is 1. The first-order valence-corrected chi connectivity index (χ1v) is 7.86. The van der Waals surface area contributed by atoms with Gasteiger partial charge in [0.2, 0.25) is 0 Å². The molecule has 0 saturated heterocycles. The first kappa shape index (κ1) is 16.4. The minimum atomic E-state index is -0.653. The summed E-state index contributed by atoms with van der Waals surface area (Å²) in [4.78, 5) is 4.01. The van der Waals surface area contributed by atoms with E-state index in [0.29, 0.717) is 11.1 Å². The number of halogens is 2. The van der Waals surface area contributed by atoms with Crippen LogP contribution in [0, 0.1) is 25.5 Å². The highest BCUT2D eigenvalue weighted by molar-refractivity contribution is 5.91. The van der Waals surface area contributed by atoms with Gasteiger partial charge in [-0.3, -0.25) is 9.67 Å². The molecule has 2 aromatic heterocycles. The first-order chi connectivity index (χ1) is 11.4. The van der Waals surface area contributed by atoms with E-state index in [9.17, 15) is 8.78 Å². The maximum atomic E-state index is 13.9. The zero-order valence-electron chi connectivity index (χ0n) is 14.2. The second kappa shape index (κ2) is 6.19. The maximum Gasteiger partial charge on any atom is 0.152 e. The van der Waals surface area contributed by atoms with Gasteiger partial charge in [0.1, 0.15) is 11.3 Å². The van der Waals surface area contributed by atoms with E-state index in [1.165, 1.54) is 17.8 Å². The second-order valence-electron chi connectivity index (χ2n) is 6.16. The van der Waals surface area contributed by atoms with Gasteiger partial charge in [0.15, 0.2) is 5.82 Å². The third-order valence-electron chi connectivity index (χ3n) is 4.33. The molecule has 24 heavy (non-hydrogen) atoms. The van der Waals surface area contributed by atoms with Crippen LogP contribution >= 0.6 is 0 Å². The highest BCUT2D eigenvalue weighted by atomic mass is 19.1. The molecule has 2 heterocycles. The van der Waals surface area contributed by atoms with Crippen LogP contribution < -0.4 is 5.32 Å². The Morgan fingerprint density at radius 2 is 2.00 bits per heavy atom. The van der Waals surface area contributed by atoms with Gasteiger partial charge in [-0.15, -0.1) is 0 Å².